The van der Waals surface area contributed by atoms with E-state index in [2.05, 4.69) is 20.7 Å². The van der Waals surface area contributed by atoms with Gasteiger partial charge >= 0.3 is 0 Å². The van der Waals surface area contributed by atoms with E-state index in [1.54, 1.807) is 47.3 Å². The van der Waals surface area contributed by atoms with Crippen molar-refractivity contribution < 1.29 is 18.4 Å². The third-order valence-corrected chi connectivity index (χ3v) is 7.49. The average molecular weight is 550 g/mol. The maximum atomic E-state index is 13.6. The molecular weight excluding hydrogens is 516 g/mol. The number of aromatic nitrogens is 2. The van der Waals surface area contributed by atoms with Gasteiger partial charge in [-0.3, -0.25) is 25.3 Å². The second-order valence-corrected chi connectivity index (χ2v) is 10.5. The fourth-order valence-corrected chi connectivity index (χ4v) is 5.23. The van der Waals surface area contributed by atoms with Crippen molar-refractivity contribution >= 4 is 23.2 Å². The van der Waals surface area contributed by atoms with Crippen LogP contribution in [-0.2, 0) is 11.3 Å². The molecule has 4 heterocycles. The number of nitrogen functional groups attached to an aromatic ring is 1. The third-order valence-electron chi connectivity index (χ3n) is 7.49. The number of likely N-dealkylation sites (tertiary alicyclic amines) is 2. The van der Waals surface area contributed by atoms with Gasteiger partial charge in [0.05, 0.1) is 30.0 Å². The Morgan fingerprint density at radius 2 is 1.85 bits per heavy atom. The summed E-state index contributed by atoms with van der Waals surface area (Å²) in [6.07, 6.45) is 6.75. The van der Waals surface area contributed by atoms with Crippen molar-refractivity contribution in [2.75, 3.05) is 36.9 Å². The summed E-state index contributed by atoms with van der Waals surface area (Å²) in [5, 5.41) is 2.87. The normalized spacial score (nSPS) is 17.6. The van der Waals surface area contributed by atoms with Gasteiger partial charge in [-0.25, -0.2) is 13.8 Å². The molecule has 9 nitrogen and oxygen atoms in total. The van der Waals surface area contributed by atoms with Gasteiger partial charge in [0, 0.05) is 50.6 Å². The van der Waals surface area contributed by atoms with Crippen molar-refractivity contribution in [2.45, 2.75) is 44.6 Å². The molecular formula is C29H33F2N7O2. The molecule has 2 aliphatic heterocycles. The Kier molecular flexibility index (Phi) is 8.04. The van der Waals surface area contributed by atoms with E-state index in [1.807, 2.05) is 18.2 Å². The van der Waals surface area contributed by atoms with E-state index >= 15 is 0 Å². The topological polar surface area (TPSA) is 116 Å². The quantitative estimate of drug-likeness (QED) is 0.284. The van der Waals surface area contributed by atoms with Gasteiger partial charge in [0.2, 0.25) is 5.91 Å². The van der Waals surface area contributed by atoms with Gasteiger partial charge in [-0.15, -0.1) is 0 Å². The maximum Gasteiger partial charge on any atom is 0.272 e. The molecule has 0 aliphatic carbocycles. The van der Waals surface area contributed by atoms with Crippen LogP contribution >= 0.6 is 0 Å². The predicted molar refractivity (Wildman–Crippen MR) is 149 cm³/mol. The number of nitrogens with one attached hydrogen (secondary N) is 2. The number of benzene rings is 1. The van der Waals surface area contributed by atoms with Crippen molar-refractivity contribution in [3.63, 3.8) is 0 Å². The summed E-state index contributed by atoms with van der Waals surface area (Å²) in [4.78, 5) is 37.8. The number of hydrazine groups is 1. The molecule has 5 rings (SSSR count). The van der Waals surface area contributed by atoms with Crippen LogP contribution in [0.25, 0.3) is 11.1 Å². The lowest BCUT2D eigenvalue weighted by molar-refractivity contribution is -0.117. The van der Waals surface area contributed by atoms with Gasteiger partial charge in [0.15, 0.2) is 0 Å². The van der Waals surface area contributed by atoms with Crippen LogP contribution < -0.4 is 16.6 Å². The molecule has 2 saturated heterocycles. The third kappa shape index (κ3) is 6.26. The fraction of sp³-hybridized carbons (Fsp3) is 0.379. The predicted octanol–water partition coefficient (Wildman–Crippen LogP) is 4.25. The molecule has 3 aromatic rings. The lowest BCUT2D eigenvalue weighted by atomic mass is 9.94. The van der Waals surface area contributed by atoms with Crippen LogP contribution in [0.5, 0.6) is 0 Å². The van der Waals surface area contributed by atoms with E-state index in [1.165, 1.54) is 6.20 Å². The summed E-state index contributed by atoms with van der Waals surface area (Å²) < 4.78 is 27.2. The minimum absolute atomic E-state index is 0.101. The van der Waals surface area contributed by atoms with Crippen LogP contribution in [0.1, 0.15) is 53.7 Å². The van der Waals surface area contributed by atoms with Crippen LogP contribution in [0.4, 0.5) is 20.2 Å². The summed E-state index contributed by atoms with van der Waals surface area (Å²) in [6, 6.07) is 10.8. The number of nitrogens with zero attached hydrogens (tertiary/aromatic N) is 4. The van der Waals surface area contributed by atoms with Gasteiger partial charge in [-0.05, 0) is 66.8 Å². The van der Waals surface area contributed by atoms with Gasteiger partial charge < -0.3 is 15.6 Å². The molecule has 2 aliphatic rings. The Labute approximate surface area is 231 Å². The molecule has 210 valence electrons. The van der Waals surface area contributed by atoms with E-state index in [-0.39, 0.29) is 24.8 Å². The number of alkyl halides is 2. The molecule has 2 aromatic heterocycles. The molecule has 2 fully saturated rings. The summed E-state index contributed by atoms with van der Waals surface area (Å²) in [5.74, 6) is 2.16. The molecule has 1 unspecified atom stereocenters. The first-order valence-corrected chi connectivity index (χ1v) is 13.4. The van der Waals surface area contributed by atoms with E-state index in [0.717, 1.165) is 42.6 Å². The van der Waals surface area contributed by atoms with Crippen LogP contribution in [0.15, 0.2) is 55.0 Å². The Balaban J connectivity index is 1.29. The molecule has 2 amide bonds. The number of amides is 2. The Morgan fingerprint density at radius 1 is 1.05 bits per heavy atom. The van der Waals surface area contributed by atoms with E-state index in [0.29, 0.717) is 35.7 Å². The number of pyridine rings is 2. The number of carbonyl (C=O) groups is 2. The van der Waals surface area contributed by atoms with Gasteiger partial charge in [-0.1, -0.05) is 6.07 Å². The number of halogens is 2. The van der Waals surface area contributed by atoms with Crippen molar-refractivity contribution in [1.82, 2.24) is 19.8 Å². The molecule has 11 heteroatoms. The SMILES string of the molecule is CC(C(=O)Nc1ccc(C(=O)N2CCCC2)nc1)c1cc(-c2cncc(CN3CCC(F)(F)C3)c2)ccc1NN. The average Bonchev–Trinajstić information content (AvgIpc) is 3.62. The van der Waals surface area contributed by atoms with Crippen molar-refractivity contribution in [1.29, 1.82) is 0 Å². The molecule has 0 radical (unpaired) electrons. The minimum atomic E-state index is -2.65. The molecule has 1 atom stereocenters. The van der Waals surface area contributed by atoms with E-state index in [9.17, 15) is 18.4 Å². The first-order chi connectivity index (χ1) is 19.2. The first-order valence-electron chi connectivity index (χ1n) is 13.4. The van der Waals surface area contributed by atoms with Gasteiger partial charge in [-0.2, -0.15) is 0 Å². The smallest absolute Gasteiger partial charge is 0.272 e. The molecule has 0 spiro atoms. The number of anilines is 2. The lowest BCUT2D eigenvalue weighted by Gasteiger charge is -2.19. The Morgan fingerprint density at radius 3 is 2.52 bits per heavy atom. The fourth-order valence-electron chi connectivity index (χ4n) is 5.23. The standard InChI is InChI=1S/C29H33F2N7O2/c1-19(27(39)35-23-5-7-26(34-16-23)28(40)38-9-2-3-10-38)24-13-21(4-6-25(24)36-32)22-12-20(14-33-15-22)17-37-11-8-29(30,31)18-37/h4-7,12-16,19,36H,2-3,8-11,17-18,32H2,1H3,(H,35,39). The lowest BCUT2D eigenvalue weighted by Crippen LogP contribution is -2.28. The number of hydrogen-bond donors (Lipinski definition) is 3. The van der Waals surface area contributed by atoms with Crippen molar-refractivity contribution in [3.8, 4) is 11.1 Å². The highest BCUT2D eigenvalue weighted by atomic mass is 19.3. The summed E-state index contributed by atoms with van der Waals surface area (Å²) in [5.41, 5.74) is 7.23. The summed E-state index contributed by atoms with van der Waals surface area (Å²) in [7, 11) is 0. The van der Waals surface area contributed by atoms with Gasteiger partial charge in [0.25, 0.3) is 11.8 Å². The molecule has 0 saturated carbocycles. The molecule has 40 heavy (non-hydrogen) atoms. The highest BCUT2D eigenvalue weighted by Crippen LogP contribution is 2.32. The van der Waals surface area contributed by atoms with Crippen LogP contribution in [0.2, 0.25) is 0 Å². The minimum Gasteiger partial charge on any atom is -0.337 e. The molecule has 0 bridgehead atoms. The molecule has 4 N–H and O–H groups in total. The van der Waals surface area contributed by atoms with Crippen molar-refractivity contribution in [3.05, 3.63) is 71.8 Å². The second kappa shape index (κ2) is 11.6. The number of rotatable bonds is 8. The highest BCUT2D eigenvalue weighted by Gasteiger charge is 2.38. The summed E-state index contributed by atoms with van der Waals surface area (Å²) >= 11 is 0. The van der Waals surface area contributed by atoms with Crippen LogP contribution in [0.3, 0.4) is 0 Å². The Bertz CT molecular complexity index is 1380. The first kappa shape index (κ1) is 27.6. The van der Waals surface area contributed by atoms with E-state index in [4.69, 9.17) is 5.84 Å². The Hall–Kier alpha value is -3.96. The maximum absolute atomic E-state index is 13.6. The zero-order valence-electron chi connectivity index (χ0n) is 22.4. The monoisotopic (exact) mass is 549 g/mol. The zero-order chi connectivity index (χ0) is 28.3. The largest absolute Gasteiger partial charge is 0.337 e. The number of nitrogens with two attached hydrogens (primary N) is 1. The zero-order valence-corrected chi connectivity index (χ0v) is 22.4. The molecule has 1 aromatic carbocycles. The van der Waals surface area contributed by atoms with Crippen molar-refractivity contribution in [2.24, 2.45) is 5.84 Å². The second-order valence-electron chi connectivity index (χ2n) is 10.5. The van der Waals surface area contributed by atoms with Gasteiger partial charge in [0.1, 0.15) is 5.69 Å². The summed E-state index contributed by atoms with van der Waals surface area (Å²) in [6.45, 7) is 3.74. The number of carbonyl (C=O) groups excluding carboxylic acids is 2. The van der Waals surface area contributed by atoms with E-state index < -0.39 is 11.8 Å². The van der Waals surface area contributed by atoms with Crippen LogP contribution in [0, 0.1) is 0 Å². The number of hydrogen-bond acceptors (Lipinski definition) is 7. The van der Waals surface area contributed by atoms with Crippen LogP contribution in [-0.4, -0.2) is 63.7 Å². The highest BCUT2D eigenvalue weighted by molar-refractivity contribution is 5.97.